The lowest BCUT2D eigenvalue weighted by atomic mass is 9.86. The quantitative estimate of drug-likeness (QED) is 0.849. The first-order chi connectivity index (χ1) is 11.4. The van der Waals surface area contributed by atoms with E-state index in [1.807, 2.05) is 0 Å². The number of methoxy groups -OCH3 is 2. The van der Waals surface area contributed by atoms with Crippen LogP contribution >= 0.6 is 0 Å². The molecule has 3 atom stereocenters. The van der Waals surface area contributed by atoms with Crippen LogP contribution in [0, 0.1) is 17.8 Å². The lowest BCUT2D eigenvalue weighted by molar-refractivity contribution is -0.120. The summed E-state index contributed by atoms with van der Waals surface area (Å²) in [6, 6.07) is 4.26. The minimum atomic E-state index is -3.91. The molecule has 0 aliphatic heterocycles. The summed E-state index contributed by atoms with van der Waals surface area (Å²) in [5.41, 5.74) is 0. The number of carbonyl (C=O) groups excluding carboxylic acids is 1. The van der Waals surface area contributed by atoms with Gasteiger partial charge in [0.25, 0.3) is 10.0 Å². The molecule has 0 saturated heterocycles. The number of rotatable bonds is 6. The number of nitrogens with one attached hydrogen (secondary N) is 1. The number of sulfonamides is 1. The van der Waals surface area contributed by atoms with Crippen molar-refractivity contribution in [2.45, 2.75) is 37.0 Å². The van der Waals surface area contributed by atoms with Crippen LogP contribution in [0.5, 0.6) is 11.5 Å². The van der Waals surface area contributed by atoms with Crippen LogP contribution in [-0.4, -0.2) is 28.5 Å². The van der Waals surface area contributed by atoms with E-state index in [9.17, 15) is 13.2 Å². The first-order valence-corrected chi connectivity index (χ1v) is 9.69. The fourth-order valence-corrected chi connectivity index (χ4v) is 5.11. The minimum absolute atomic E-state index is 0.0126. The van der Waals surface area contributed by atoms with Gasteiger partial charge in [-0.15, -0.1) is 0 Å². The van der Waals surface area contributed by atoms with Gasteiger partial charge in [-0.2, -0.15) is 0 Å². The number of hydrogen-bond acceptors (Lipinski definition) is 5. The van der Waals surface area contributed by atoms with E-state index in [2.05, 4.69) is 4.72 Å². The average molecular weight is 353 g/mol. The summed E-state index contributed by atoms with van der Waals surface area (Å²) in [5, 5.41) is 0. The van der Waals surface area contributed by atoms with Gasteiger partial charge in [-0.1, -0.05) is 6.42 Å². The molecule has 132 valence electrons. The van der Waals surface area contributed by atoms with E-state index in [0.717, 1.165) is 12.3 Å². The van der Waals surface area contributed by atoms with Crippen LogP contribution in [0.2, 0.25) is 0 Å². The fraction of sp³-hybridized carbons (Fsp3) is 0.588. The van der Waals surface area contributed by atoms with Crippen LogP contribution in [0.3, 0.4) is 0 Å². The number of ether oxygens (including phenoxy) is 2. The van der Waals surface area contributed by atoms with E-state index in [0.29, 0.717) is 23.3 Å². The Morgan fingerprint density at radius 1 is 1.17 bits per heavy atom. The monoisotopic (exact) mass is 353 g/mol. The molecule has 2 fully saturated rings. The Morgan fingerprint density at radius 3 is 2.50 bits per heavy atom. The summed E-state index contributed by atoms with van der Waals surface area (Å²) in [5.74, 6) is 1.96. The normalized spacial score (nSPS) is 25.5. The van der Waals surface area contributed by atoms with Gasteiger partial charge >= 0.3 is 0 Å². The Labute approximate surface area is 142 Å². The maximum Gasteiger partial charge on any atom is 0.264 e. The van der Waals surface area contributed by atoms with Gasteiger partial charge in [0.1, 0.15) is 0 Å². The maximum atomic E-state index is 12.4. The molecule has 2 bridgehead atoms. The van der Waals surface area contributed by atoms with Crippen LogP contribution < -0.4 is 14.2 Å². The zero-order valence-corrected chi connectivity index (χ0v) is 14.8. The summed E-state index contributed by atoms with van der Waals surface area (Å²) in [4.78, 5) is 12.2. The third kappa shape index (κ3) is 3.36. The molecule has 0 heterocycles. The first-order valence-electron chi connectivity index (χ1n) is 8.20. The molecule has 2 aliphatic rings. The highest BCUT2D eigenvalue weighted by Crippen LogP contribution is 2.49. The second-order valence-corrected chi connectivity index (χ2v) is 8.37. The standard InChI is InChI=1S/C17H23NO5S/c1-22-15-6-5-14(10-16(15)23-2)24(20,21)18-17(19)9-13-8-11-3-4-12(13)7-11/h5-6,10-13H,3-4,7-9H2,1-2H3,(H,18,19)/t11-,12-,13+/m0/s1. The molecule has 1 aromatic rings. The lowest BCUT2D eigenvalue weighted by Gasteiger charge is -2.20. The molecule has 1 N–H and O–H groups in total. The Kier molecular flexibility index (Phi) is 4.71. The topological polar surface area (TPSA) is 81.7 Å². The predicted molar refractivity (Wildman–Crippen MR) is 88.4 cm³/mol. The van der Waals surface area contributed by atoms with Gasteiger partial charge in [0.2, 0.25) is 5.91 Å². The van der Waals surface area contributed by atoms with Gasteiger partial charge < -0.3 is 9.47 Å². The highest BCUT2D eigenvalue weighted by atomic mass is 32.2. The average Bonchev–Trinajstić information content (AvgIpc) is 3.16. The zero-order valence-electron chi connectivity index (χ0n) is 13.9. The van der Waals surface area contributed by atoms with Crippen molar-refractivity contribution in [3.05, 3.63) is 18.2 Å². The summed E-state index contributed by atoms with van der Waals surface area (Å²) in [7, 11) is -0.999. The molecule has 0 aromatic heterocycles. The number of fused-ring (bicyclic) bond motifs is 2. The maximum absolute atomic E-state index is 12.4. The highest BCUT2D eigenvalue weighted by molar-refractivity contribution is 7.90. The largest absolute Gasteiger partial charge is 0.493 e. The van der Waals surface area contributed by atoms with E-state index < -0.39 is 15.9 Å². The summed E-state index contributed by atoms with van der Waals surface area (Å²) < 4.78 is 37.2. The van der Waals surface area contributed by atoms with E-state index >= 15 is 0 Å². The van der Waals surface area contributed by atoms with Crippen LogP contribution in [0.4, 0.5) is 0 Å². The molecule has 1 aromatic carbocycles. The van der Waals surface area contributed by atoms with Crippen LogP contribution in [0.1, 0.15) is 32.1 Å². The molecule has 2 aliphatic carbocycles. The first kappa shape index (κ1) is 17.1. The smallest absolute Gasteiger partial charge is 0.264 e. The zero-order chi connectivity index (χ0) is 17.3. The van der Waals surface area contributed by atoms with Crippen LogP contribution in [0.15, 0.2) is 23.1 Å². The second-order valence-electron chi connectivity index (χ2n) is 6.68. The van der Waals surface area contributed by atoms with Gasteiger partial charge in [-0.3, -0.25) is 4.79 Å². The Balaban J connectivity index is 1.68. The van der Waals surface area contributed by atoms with Crippen molar-refractivity contribution in [3.63, 3.8) is 0 Å². The summed E-state index contributed by atoms with van der Waals surface area (Å²) >= 11 is 0. The predicted octanol–water partition coefficient (Wildman–Crippen LogP) is 2.33. The Bertz CT molecular complexity index is 730. The molecular formula is C17H23NO5S. The lowest BCUT2D eigenvalue weighted by Crippen LogP contribution is -2.32. The molecule has 0 radical (unpaired) electrons. The van der Waals surface area contributed by atoms with Crippen molar-refractivity contribution < 1.29 is 22.7 Å². The second kappa shape index (κ2) is 6.63. The summed E-state index contributed by atoms with van der Waals surface area (Å²) in [6.07, 6.45) is 4.96. The minimum Gasteiger partial charge on any atom is -0.493 e. The molecule has 1 amide bonds. The van der Waals surface area contributed by atoms with E-state index in [-0.39, 0.29) is 11.3 Å². The van der Waals surface area contributed by atoms with Crippen molar-refractivity contribution in [1.82, 2.24) is 4.72 Å². The molecule has 24 heavy (non-hydrogen) atoms. The number of hydrogen-bond donors (Lipinski definition) is 1. The van der Waals surface area contributed by atoms with Crippen molar-refractivity contribution in [1.29, 1.82) is 0 Å². The van der Waals surface area contributed by atoms with Gasteiger partial charge in [0.05, 0.1) is 19.1 Å². The van der Waals surface area contributed by atoms with Crippen molar-refractivity contribution in [2.24, 2.45) is 17.8 Å². The fourth-order valence-electron chi connectivity index (χ4n) is 4.10. The highest BCUT2D eigenvalue weighted by Gasteiger charge is 2.40. The molecule has 6 nitrogen and oxygen atoms in total. The van der Waals surface area contributed by atoms with E-state index in [4.69, 9.17) is 9.47 Å². The Hall–Kier alpha value is -1.76. The molecule has 0 spiro atoms. The number of carbonyl (C=O) groups is 1. The molecule has 2 saturated carbocycles. The van der Waals surface area contributed by atoms with Gasteiger partial charge in [0, 0.05) is 12.5 Å². The molecule has 3 rings (SSSR count). The number of benzene rings is 1. The SMILES string of the molecule is COc1ccc(S(=O)(=O)NC(=O)C[C@H]2C[C@H]3CC[C@H]2C3)cc1OC. The third-order valence-corrected chi connectivity index (χ3v) is 6.62. The third-order valence-electron chi connectivity index (χ3n) is 5.25. The Morgan fingerprint density at radius 2 is 1.92 bits per heavy atom. The van der Waals surface area contributed by atoms with Gasteiger partial charge in [-0.25, -0.2) is 13.1 Å². The number of amides is 1. The van der Waals surface area contributed by atoms with Crippen LogP contribution in [-0.2, 0) is 14.8 Å². The molecule has 0 unspecified atom stereocenters. The summed E-state index contributed by atoms with van der Waals surface area (Å²) in [6.45, 7) is 0. The van der Waals surface area contributed by atoms with Crippen molar-refractivity contribution in [2.75, 3.05) is 14.2 Å². The molecular weight excluding hydrogens is 330 g/mol. The molecule has 7 heteroatoms. The van der Waals surface area contributed by atoms with E-state index in [1.54, 1.807) is 0 Å². The van der Waals surface area contributed by atoms with Gasteiger partial charge in [-0.05, 0) is 49.1 Å². The van der Waals surface area contributed by atoms with Crippen LogP contribution in [0.25, 0.3) is 0 Å². The van der Waals surface area contributed by atoms with Crippen molar-refractivity contribution in [3.8, 4) is 11.5 Å². The van der Waals surface area contributed by atoms with Gasteiger partial charge in [0.15, 0.2) is 11.5 Å². The van der Waals surface area contributed by atoms with Crippen molar-refractivity contribution >= 4 is 15.9 Å². The van der Waals surface area contributed by atoms with E-state index in [1.165, 1.54) is 51.7 Å².